The average molecular weight is 429 g/mol. The van der Waals surface area contributed by atoms with Crippen molar-refractivity contribution < 1.29 is 16.8 Å². The largest absolute Gasteiger partial charge is 0.353 e. The number of hydrogen-bond acceptors (Lipinski definition) is 5. The van der Waals surface area contributed by atoms with Gasteiger partial charge < -0.3 is 10.6 Å². The van der Waals surface area contributed by atoms with E-state index in [1.165, 1.54) is 0 Å². The minimum atomic E-state index is -3.42. The van der Waals surface area contributed by atoms with Gasteiger partial charge >= 0.3 is 0 Å². The lowest BCUT2D eigenvalue weighted by Crippen LogP contribution is -2.43. The Morgan fingerprint density at radius 1 is 1.18 bits per heavy atom. The SMILES string of the molecule is CN=C(NCc1ccc(S(=O)(=O)N2CCCCC2)cc1)NC1CCS(=O)(=O)C1. The van der Waals surface area contributed by atoms with E-state index in [9.17, 15) is 16.8 Å². The van der Waals surface area contributed by atoms with Crippen LogP contribution in [0.15, 0.2) is 34.2 Å². The molecule has 28 heavy (non-hydrogen) atoms. The van der Waals surface area contributed by atoms with Crippen molar-refractivity contribution in [1.29, 1.82) is 0 Å². The molecule has 0 spiro atoms. The molecule has 10 heteroatoms. The summed E-state index contributed by atoms with van der Waals surface area (Å²) in [6.07, 6.45) is 3.48. The second-order valence-corrected chi connectivity index (χ2v) is 11.4. The molecule has 2 aliphatic rings. The average Bonchev–Trinajstić information content (AvgIpc) is 3.04. The first-order valence-corrected chi connectivity index (χ1v) is 12.8. The van der Waals surface area contributed by atoms with E-state index in [1.807, 2.05) is 0 Å². The zero-order valence-electron chi connectivity index (χ0n) is 16.1. The Hall–Kier alpha value is -1.65. The van der Waals surface area contributed by atoms with Crippen LogP contribution in [-0.2, 0) is 26.4 Å². The molecule has 2 fully saturated rings. The van der Waals surface area contributed by atoms with E-state index < -0.39 is 19.9 Å². The summed E-state index contributed by atoms with van der Waals surface area (Å²) < 4.78 is 50.1. The Labute approximate surface area is 167 Å². The number of sulfone groups is 1. The van der Waals surface area contributed by atoms with Crippen LogP contribution in [0.3, 0.4) is 0 Å². The van der Waals surface area contributed by atoms with E-state index >= 15 is 0 Å². The molecule has 2 saturated heterocycles. The van der Waals surface area contributed by atoms with Crippen molar-refractivity contribution in [3.8, 4) is 0 Å². The summed E-state index contributed by atoms with van der Waals surface area (Å²) >= 11 is 0. The number of benzene rings is 1. The zero-order valence-corrected chi connectivity index (χ0v) is 17.7. The number of rotatable bonds is 5. The molecule has 0 aliphatic carbocycles. The number of nitrogens with zero attached hydrogens (tertiary/aromatic N) is 2. The maximum atomic E-state index is 12.7. The minimum Gasteiger partial charge on any atom is -0.353 e. The van der Waals surface area contributed by atoms with Crippen LogP contribution < -0.4 is 10.6 Å². The molecule has 2 aliphatic heterocycles. The second kappa shape index (κ2) is 8.79. The van der Waals surface area contributed by atoms with Crippen molar-refractivity contribution in [2.75, 3.05) is 31.6 Å². The molecular formula is C18H28N4O4S2. The van der Waals surface area contributed by atoms with E-state index in [-0.39, 0.29) is 17.5 Å². The molecule has 1 aromatic carbocycles. The van der Waals surface area contributed by atoms with Gasteiger partial charge in [-0.05, 0) is 37.0 Å². The molecule has 8 nitrogen and oxygen atoms in total. The van der Waals surface area contributed by atoms with E-state index in [4.69, 9.17) is 0 Å². The van der Waals surface area contributed by atoms with Crippen molar-refractivity contribution in [1.82, 2.24) is 14.9 Å². The van der Waals surface area contributed by atoms with Crippen molar-refractivity contribution in [3.05, 3.63) is 29.8 Å². The van der Waals surface area contributed by atoms with E-state index in [2.05, 4.69) is 15.6 Å². The predicted octanol–water partition coefficient (Wildman–Crippen LogP) is 0.713. The van der Waals surface area contributed by atoms with Crippen LogP contribution in [0.4, 0.5) is 0 Å². The maximum Gasteiger partial charge on any atom is 0.243 e. The summed E-state index contributed by atoms with van der Waals surface area (Å²) in [4.78, 5) is 4.45. The molecule has 1 unspecified atom stereocenters. The molecule has 2 heterocycles. The Kier molecular flexibility index (Phi) is 6.61. The van der Waals surface area contributed by atoms with E-state index in [0.29, 0.717) is 36.9 Å². The quantitative estimate of drug-likeness (QED) is 0.528. The smallest absolute Gasteiger partial charge is 0.243 e. The van der Waals surface area contributed by atoms with Crippen LogP contribution in [0.1, 0.15) is 31.2 Å². The number of hydrogen-bond donors (Lipinski definition) is 2. The molecule has 3 rings (SSSR count). The van der Waals surface area contributed by atoms with E-state index in [1.54, 1.807) is 35.6 Å². The Bertz CT molecular complexity index is 905. The molecule has 0 aromatic heterocycles. The van der Waals surface area contributed by atoms with Crippen molar-refractivity contribution in [2.24, 2.45) is 4.99 Å². The number of nitrogens with one attached hydrogen (secondary N) is 2. The highest BCUT2D eigenvalue weighted by atomic mass is 32.2. The summed E-state index contributed by atoms with van der Waals surface area (Å²) in [6.45, 7) is 1.64. The molecule has 0 saturated carbocycles. The van der Waals surface area contributed by atoms with Crippen LogP contribution in [0.5, 0.6) is 0 Å². The summed E-state index contributed by atoms with van der Waals surface area (Å²) in [5.41, 5.74) is 0.916. The van der Waals surface area contributed by atoms with Crippen LogP contribution in [0.25, 0.3) is 0 Å². The molecule has 0 bridgehead atoms. The summed E-state index contributed by atoms with van der Waals surface area (Å²) in [5, 5.41) is 6.27. The Morgan fingerprint density at radius 3 is 2.43 bits per heavy atom. The third kappa shape index (κ3) is 5.24. The number of guanidine groups is 1. The third-order valence-corrected chi connectivity index (χ3v) is 8.81. The van der Waals surface area contributed by atoms with Gasteiger partial charge in [0.1, 0.15) is 0 Å². The summed E-state index contributed by atoms with van der Waals surface area (Å²) in [6, 6.07) is 6.73. The Morgan fingerprint density at radius 2 is 1.86 bits per heavy atom. The standard InChI is InChI=1S/C18H28N4O4S2/c1-19-18(21-16-9-12-27(23,24)14-16)20-13-15-5-7-17(8-6-15)28(25,26)22-10-3-2-4-11-22/h5-8,16H,2-4,9-14H2,1H3,(H2,19,20,21). The first-order valence-electron chi connectivity index (χ1n) is 9.57. The fourth-order valence-electron chi connectivity index (χ4n) is 3.52. The molecule has 0 amide bonds. The fraction of sp³-hybridized carbons (Fsp3) is 0.611. The zero-order chi connectivity index (χ0) is 20.2. The minimum absolute atomic E-state index is 0.122. The van der Waals surface area contributed by atoms with Crippen molar-refractivity contribution in [2.45, 2.75) is 43.2 Å². The monoisotopic (exact) mass is 428 g/mol. The molecule has 1 aromatic rings. The van der Waals surface area contributed by atoms with Gasteiger partial charge in [0.05, 0.1) is 16.4 Å². The normalized spacial score (nSPS) is 23.5. The predicted molar refractivity (Wildman–Crippen MR) is 109 cm³/mol. The summed E-state index contributed by atoms with van der Waals surface area (Å²) in [7, 11) is -4.74. The van der Waals surface area contributed by atoms with Crippen LogP contribution in [0, 0.1) is 0 Å². The first-order chi connectivity index (χ1) is 13.3. The van der Waals surface area contributed by atoms with E-state index in [0.717, 1.165) is 24.8 Å². The number of sulfonamides is 1. The molecule has 156 valence electrons. The van der Waals surface area contributed by atoms with Gasteiger partial charge in [-0.1, -0.05) is 18.6 Å². The fourth-order valence-corrected chi connectivity index (χ4v) is 6.71. The van der Waals surface area contributed by atoms with Crippen molar-refractivity contribution in [3.63, 3.8) is 0 Å². The summed E-state index contributed by atoms with van der Waals surface area (Å²) in [5.74, 6) is 0.859. The van der Waals surface area contributed by atoms with Gasteiger partial charge in [0, 0.05) is 32.7 Å². The van der Waals surface area contributed by atoms with Gasteiger partial charge in [0.25, 0.3) is 0 Å². The molecule has 2 N–H and O–H groups in total. The third-order valence-electron chi connectivity index (χ3n) is 5.13. The second-order valence-electron chi connectivity index (χ2n) is 7.28. The van der Waals surface area contributed by atoms with Gasteiger partial charge in [-0.25, -0.2) is 16.8 Å². The highest BCUT2D eigenvalue weighted by Gasteiger charge is 2.28. The van der Waals surface area contributed by atoms with Gasteiger partial charge in [-0.15, -0.1) is 0 Å². The lowest BCUT2D eigenvalue weighted by molar-refractivity contribution is 0.346. The molecule has 0 radical (unpaired) electrons. The van der Waals surface area contributed by atoms with Gasteiger partial charge in [-0.2, -0.15) is 4.31 Å². The molecular weight excluding hydrogens is 400 g/mol. The van der Waals surface area contributed by atoms with Crippen molar-refractivity contribution >= 4 is 25.8 Å². The maximum absolute atomic E-state index is 12.7. The van der Waals surface area contributed by atoms with Gasteiger partial charge in [-0.3, -0.25) is 4.99 Å². The van der Waals surface area contributed by atoms with Crippen LogP contribution >= 0.6 is 0 Å². The molecule has 1 atom stereocenters. The van der Waals surface area contributed by atoms with Crippen LogP contribution in [0.2, 0.25) is 0 Å². The highest BCUT2D eigenvalue weighted by molar-refractivity contribution is 7.91. The highest BCUT2D eigenvalue weighted by Crippen LogP contribution is 2.20. The lowest BCUT2D eigenvalue weighted by Gasteiger charge is -2.25. The number of piperidine rings is 1. The first kappa shape index (κ1) is 21.1. The number of aliphatic imine (C=N–C) groups is 1. The van der Waals surface area contributed by atoms with Crippen LogP contribution in [-0.4, -0.2) is 64.8 Å². The lowest BCUT2D eigenvalue weighted by atomic mass is 10.2. The topological polar surface area (TPSA) is 108 Å². The van der Waals surface area contributed by atoms with Gasteiger partial charge in [0.2, 0.25) is 10.0 Å². The van der Waals surface area contributed by atoms with Gasteiger partial charge in [0.15, 0.2) is 15.8 Å². The Balaban J connectivity index is 1.56.